The van der Waals surface area contributed by atoms with E-state index in [0.717, 1.165) is 9.13 Å². The lowest BCUT2D eigenvalue weighted by molar-refractivity contribution is -0.129. The lowest BCUT2D eigenvalue weighted by atomic mass is 10.1. The van der Waals surface area contributed by atoms with Gasteiger partial charge in [0, 0.05) is 9.13 Å². The summed E-state index contributed by atoms with van der Waals surface area (Å²) in [6.07, 6.45) is 1.60. The molecule has 0 aromatic heterocycles. The summed E-state index contributed by atoms with van der Waals surface area (Å²) in [6, 6.07) is 21.3. The van der Waals surface area contributed by atoms with E-state index in [4.69, 9.17) is 14.2 Å². The van der Waals surface area contributed by atoms with Gasteiger partial charge in [-0.1, -0.05) is 24.3 Å². The predicted octanol–water partition coefficient (Wildman–Crippen LogP) is 5.25. The van der Waals surface area contributed by atoms with E-state index in [0.29, 0.717) is 29.2 Å². The quantitative estimate of drug-likeness (QED) is 0.185. The summed E-state index contributed by atoms with van der Waals surface area (Å²) in [5.74, 6) is -0.0739. The van der Waals surface area contributed by atoms with Gasteiger partial charge < -0.3 is 14.2 Å². The molecule has 1 aliphatic heterocycles. The summed E-state index contributed by atoms with van der Waals surface area (Å²) in [7, 11) is 0. The summed E-state index contributed by atoms with van der Waals surface area (Å²) >= 11 is 2.20. The van der Waals surface area contributed by atoms with Gasteiger partial charge >= 0.3 is 11.9 Å². The molecule has 0 unspecified atom stereocenters. The number of halogens is 1. The van der Waals surface area contributed by atoms with Gasteiger partial charge in [-0.25, -0.2) is 14.6 Å². The van der Waals surface area contributed by atoms with E-state index in [1.807, 2.05) is 37.3 Å². The number of nitrogens with zero attached hydrogens (tertiary/aromatic N) is 1. The molecule has 0 atom stereocenters. The van der Waals surface area contributed by atoms with Crippen LogP contribution in [-0.2, 0) is 9.53 Å². The second-order valence-corrected chi connectivity index (χ2v) is 7.98. The highest BCUT2D eigenvalue weighted by Gasteiger charge is 2.24. The Morgan fingerprint density at radius 2 is 1.78 bits per heavy atom. The second-order valence-electron chi connectivity index (χ2n) is 6.74. The minimum atomic E-state index is -0.531. The maximum Gasteiger partial charge on any atom is 0.363 e. The van der Waals surface area contributed by atoms with Crippen LogP contribution in [0.5, 0.6) is 11.5 Å². The fourth-order valence-corrected chi connectivity index (χ4v) is 3.34. The highest BCUT2D eigenvalue weighted by atomic mass is 127. The van der Waals surface area contributed by atoms with E-state index in [1.165, 1.54) is 0 Å². The molecule has 1 heterocycles. The summed E-state index contributed by atoms with van der Waals surface area (Å²) in [5.41, 5.74) is 2.00. The molecule has 0 bridgehead atoms. The SMILES string of the molecule is CCOc1cc(/C=C2\N=C(c3ccc(I)cc3)OC2=O)ccc1OC(=O)c1ccccc1. The second kappa shape index (κ2) is 9.78. The normalized spacial score (nSPS) is 14.1. The molecular formula is C25H18INO5. The lowest BCUT2D eigenvalue weighted by Crippen LogP contribution is -2.09. The minimum absolute atomic E-state index is 0.176. The lowest BCUT2D eigenvalue weighted by Gasteiger charge is -2.11. The van der Waals surface area contributed by atoms with Crippen LogP contribution >= 0.6 is 22.6 Å². The monoisotopic (exact) mass is 539 g/mol. The van der Waals surface area contributed by atoms with Crippen molar-refractivity contribution in [3.63, 3.8) is 0 Å². The Bertz CT molecular complexity index is 1220. The van der Waals surface area contributed by atoms with Crippen molar-refractivity contribution in [2.24, 2.45) is 4.99 Å². The number of carbonyl (C=O) groups is 2. The predicted molar refractivity (Wildman–Crippen MR) is 129 cm³/mol. The van der Waals surface area contributed by atoms with Gasteiger partial charge in [-0.3, -0.25) is 0 Å². The maximum absolute atomic E-state index is 12.4. The van der Waals surface area contributed by atoms with Crippen LogP contribution in [0.2, 0.25) is 0 Å². The van der Waals surface area contributed by atoms with Crippen LogP contribution in [0, 0.1) is 3.57 Å². The molecule has 4 rings (SSSR count). The Hall–Kier alpha value is -3.46. The molecule has 6 nitrogen and oxygen atoms in total. The molecule has 3 aromatic carbocycles. The molecule has 0 saturated carbocycles. The zero-order chi connectivity index (χ0) is 22.5. The zero-order valence-corrected chi connectivity index (χ0v) is 19.2. The zero-order valence-electron chi connectivity index (χ0n) is 17.1. The first-order valence-corrected chi connectivity index (χ1v) is 10.9. The van der Waals surface area contributed by atoms with Gasteiger partial charge in [0.25, 0.3) is 0 Å². The molecule has 7 heteroatoms. The van der Waals surface area contributed by atoms with E-state index in [9.17, 15) is 9.59 Å². The molecular weight excluding hydrogens is 521 g/mol. The van der Waals surface area contributed by atoms with E-state index in [1.54, 1.807) is 48.5 Å². The third kappa shape index (κ3) is 5.05. The number of rotatable bonds is 6. The van der Waals surface area contributed by atoms with Crippen LogP contribution in [0.15, 0.2) is 83.5 Å². The van der Waals surface area contributed by atoms with Crippen molar-refractivity contribution in [2.45, 2.75) is 6.92 Å². The van der Waals surface area contributed by atoms with Crippen LogP contribution in [0.4, 0.5) is 0 Å². The summed E-state index contributed by atoms with van der Waals surface area (Å²) < 4.78 is 17.5. The molecule has 0 spiro atoms. The Kier molecular flexibility index (Phi) is 6.65. The molecule has 160 valence electrons. The van der Waals surface area contributed by atoms with Gasteiger partial charge in [0.1, 0.15) is 0 Å². The van der Waals surface area contributed by atoms with Gasteiger partial charge in [-0.15, -0.1) is 0 Å². The van der Waals surface area contributed by atoms with Crippen molar-refractivity contribution in [1.29, 1.82) is 0 Å². The van der Waals surface area contributed by atoms with Crippen molar-refractivity contribution in [2.75, 3.05) is 6.61 Å². The summed E-state index contributed by atoms with van der Waals surface area (Å²) in [6.45, 7) is 2.22. The fourth-order valence-electron chi connectivity index (χ4n) is 2.98. The van der Waals surface area contributed by atoms with Crippen molar-refractivity contribution < 1.29 is 23.8 Å². The average Bonchev–Trinajstić information content (AvgIpc) is 3.16. The van der Waals surface area contributed by atoms with Crippen LogP contribution in [-0.4, -0.2) is 24.4 Å². The number of benzene rings is 3. The molecule has 0 aliphatic carbocycles. The van der Waals surface area contributed by atoms with Crippen molar-refractivity contribution in [3.05, 3.63) is 98.8 Å². The standard InChI is InChI=1S/C25H18INO5/c1-2-30-22-15-16(8-13-21(22)31-24(28)18-6-4-3-5-7-18)14-20-25(29)32-23(27-20)17-9-11-19(26)12-10-17/h3-15H,2H2,1H3/b20-14-. The maximum atomic E-state index is 12.4. The summed E-state index contributed by atoms with van der Waals surface area (Å²) in [5, 5.41) is 0. The van der Waals surface area contributed by atoms with Gasteiger partial charge in [-0.2, -0.15) is 0 Å². The van der Waals surface area contributed by atoms with Crippen LogP contribution in [0.3, 0.4) is 0 Å². The fraction of sp³-hybridized carbons (Fsp3) is 0.0800. The first-order chi connectivity index (χ1) is 15.5. The number of esters is 2. The molecule has 32 heavy (non-hydrogen) atoms. The number of carbonyl (C=O) groups excluding carboxylic acids is 2. The third-order valence-electron chi connectivity index (χ3n) is 4.49. The molecule has 0 amide bonds. The Morgan fingerprint density at radius 1 is 1.03 bits per heavy atom. The number of aliphatic imine (C=N–C) groups is 1. The first kappa shape index (κ1) is 21.8. The highest BCUT2D eigenvalue weighted by molar-refractivity contribution is 14.1. The summed E-state index contributed by atoms with van der Waals surface area (Å²) in [4.78, 5) is 29.0. The van der Waals surface area contributed by atoms with E-state index < -0.39 is 11.9 Å². The molecule has 0 N–H and O–H groups in total. The van der Waals surface area contributed by atoms with Crippen molar-refractivity contribution in [1.82, 2.24) is 0 Å². The topological polar surface area (TPSA) is 74.2 Å². The Morgan fingerprint density at radius 3 is 2.50 bits per heavy atom. The van der Waals surface area contributed by atoms with E-state index in [2.05, 4.69) is 27.6 Å². The van der Waals surface area contributed by atoms with Crippen LogP contribution in [0.1, 0.15) is 28.4 Å². The number of cyclic esters (lactones) is 1. The number of hydrogen-bond donors (Lipinski definition) is 0. The van der Waals surface area contributed by atoms with Gasteiger partial charge in [0.05, 0.1) is 12.2 Å². The molecule has 0 radical (unpaired) electrons. The van der Waals surface area contributed by atoms with Crippen molar-refractivity contribution in [3.8, 4) is 11.5 Å². The van der Waals surface area contributed by atoms with Gasteiger partial charge in [0.15, 0.2) is 17.2 Å². The highest BCUT2D eigenvalue weighted by Crippen LogP contribution is 2.31. The molecule has 3 aromatic rings. The van der Waals surface area contributed by atoms with Gasteiger partial charge in [0.2, 0.25) is 5.90 Å². The average molecular weight is 539 g/mol. The Labute approximate surface area is 198 Å². The van der Waals surface area contributed by atoms with Crippen LogP contribution in [0.25, 0.3) is 6.08 Å². The van der Waals surface area contributed by atoms with Crippen LogP contribution < -0.4 is 9.47 Å². The third-order valence-corrected chi connectivity index (χ3v) is 5.21. The first-order valence-electron chi connectivity index (χ1n) is 9.86. The van der Waals surface area contributed by atoms with Crippen molar-refractivity contribution >= 4 is 46.5 Å². The number of ether oxygens (including phenoxy) is 3. The largest absolute Gasteiger partial charge is 0.490 e. The minimum Gasteiger partial charge on any atom is -0.490 e. The van der Waals surface area contributed by atoms with E-state index in [-0.39, 0.29) is 11.6 Å². The van der Waals surface area contributed by atoms with Gasteiger partial charge in [-0.05, 0) is 89.7 Å². The number of hydrogen-bond acceptors (Lipinski definition) is 6. The van der Waals surface area contributed by atoms with E-state index >= 15 is 0 Å². The Balaban J connectivity index is 1.59. The molecule has 0 saturated heterocycles. The molecule has 1 aliphatic rings. The molecule has 0 fully saturated rings. The smallest absolute Gasteiger partial charge is 0.363 e.